The zero-order valence-electron chi connectivity index (χ0n) is 22.3. The van der Waals surface area contributed by atoms with Crippen molar-refractivity contribution in [2.45, 2.75) is 109 Å². The average Bonchev–Trinajstić information content (AvgIpc) is 3.02. The molecule has 0 amide bonds. The molecule has 0 radical (unpaired) electrons. The smallest absolute Gasteiger partial charge is 0.303 e. The summed E-state index contributed by atoms with van der Waals surface area (Å²) in [5.74, 6) is -0.938. The Hall–Kier alpha value is -0.783. The van der Waals surface area contributed by atoms with E-state index in [0.29, 0.717) is 38.9 Å². The van der Waals surface area contributed by atoms with Crippen LogP contribution in [0.3, 0.4) is 0 Å². The van der Waals surface area contributed by atoms with Gasteiger partial charge in [-0.2, -0.15) is 8.42 Å². The monoisotopic (exact) mass is 534 g/mol. The summed E-state index contributed by atoms with van der Waals surface area (Å²) in [6.45, 7) is 12.2. The van der Waals surface area contributed by atoms with Gasteiger partial charge in [-0.05, 0) is 62.6 Å². The van der Waals surface area contributed by atoms with Crippen molar-refractivity contribution in [3.8, 4) is 0 Å². The number of hydrogen-bond acceptors (Lipinski definition) is 7. The van der Waals surface area contributed by atoms with Gasteiger partial charge in [-0.1, -0.05) is 32.9 Å². The van der Waals surface area contributed by atoms with Crippen LogP contribution in [0.1, 0.15) is 72.1 Å². The number of hydrogen-bond donors (Lipinski definition) is 1. The first-order valence-electron chi connectivity index (χ1n) is 12.9. The second-order valence-corrected chi connectivity index (χ2v) is 17.8. The van der Waals surface area contributed by atoms with E-state index in [-0.39, 0.29) is 35.7 Å². The van der Waals surface area contributed by atoms with Gasteiger partial charge in [-0.15, -0.1) is 0 Å². The highest BCUT2D eigenvalue weighted by atomic mass is 32.2. The quantitative estimate of drug-likeness (QED) is 0.150. The van der Waals surface area contributed by atoms with Gasteiger partial charge in [-0.25, -0.2) is 0 Å². The van der Waals surface area contributed by atoms with Crippen molar-refractivity contribution < 1.29 is 36.4 Å². The van der Waals surface area contributed by atoms with Crippen LogP contribution >= 0.6 is 0 Å². The molecule has 1 aliphatic heterocycles. The van der Waals surface area contributed by atoms with E-state index >= 15 is 0 Å². The number of ether oxygens (including phenoxy) is 2. The maximum Gasteiger partial charge on any atom is 0.303 e. The number of carboxylic acid groups (broad SMARTS) is 1. The van der Waals surface area contributed by atoms with Gasteiger partial charge in [0.25, 0.3) is 10.1 Å². The van der Waals surface area contributed by atoms with E-state index in [0.717, 1.165) is 25.5 Å². The van der Waals surface area contributed by atoms with Crippen LogP contribution in [-0.4, -0.2) is 65.8 Å². The average molecular weight is 535 g/mol. The predicted octanol–water partition coefficient (Wildman–Crippen LogP) is 5.10. The van der Waals surface area contributed by atoms with Gasteiger partial charge in [0.1, 0.15) is 0 Å². The first kappa shape index (κ1) is 30.4. The van der Waals surface area contributed by atoms with Crippen LogP contribution < -0.4 is 0 Å². The van der Waals surface area contributed by atoms with E-state index < -0.39 is 30.5 Å². The molecule has 1 saturated heterocycles. The molecule has 0 aromatic rings. The Morgan fingerprint density at radius 1 is 1.14 bits per heavy atom. The molecule has 35 heavy (non-hydrogen) atoms. The zero-order valence-corrected chi connectivity index (χ0v) is 24.1. The van der Waals surface area contributed by atoms with Crippen molar-refractivity contribution in [3.63, 3.8) is 0 Å². The van der Waals surface area contributed by atoms with E-state index in [9.17, 15) is 13.2 Å². The van der Waals surface area contributed by atoms with Gasteiger partial charge < -0.3 is 19.0 Å². The van der Waals surface area contributed by atoms with Crippen molar-refractivity contribution in [3.05, 3.63) is 12.2 Å². The van der Waals surface area contributed by atoms with E-state index in [2.05, 4.69) is 33.9 Å². The molecule has 2 fully saturated rings. The fraction of sp³-hybridized carbons (Fsp3) is 0.880. The molecule has 0 aromatic carbocycles. The van der Waals surface area contributed by atoms with Crippen molar-refractivity contribution in [2.24, 2.45) is 11.8 Å². The summed E-state index contributed by atoms with van der Waals surface area (Å²) in [4.78, 5) is 10.8. The number of allylic oxidation sites excluding steroid dienone is 2. The number of aliphatic carboxylic acids is 1. The van der Waals surface area contributed by atoms with E-state index in [1.807, 2.05) is 12.2 Å². The lowest BCUT2D eigenvalue weighted by Crippen LogP contribution is -2.44. The largest absolute Gasteiger partial charge is 0.481 e. The van der Waals surface area contributed by atoms with Gasteiger partial charge >= 0.3 is 5.97 Å². The highest BCUT2D eigenvalue weighted by Gasteiger charge is 2.48. The Bertz CT molecular complexity index is 799. The second kappa shape index (κ2) is 13.1. The van der Waals surface area contributed by atoms with Gasteiger partial charge in [-0.3, -0.25) is 8.98 Å². The van der Waals surface area contributed by atoms with Crippen molar-refractivity contribution in [1.29, 1.82) is 0 Å². The lowest BCUT2D eigenvalue weighted by molar-refractivity contribution is -0.197. The molecule has 1 heterocycles. The molecule has 0 spiro atoms. The number of carbonyl (C=O) groups is 1. The third-order valence-electron chi connectivity index (χ3n) is 7.51. The Morgan fingerprint density at radius 3 is 2.43 bits per heavy atom. The predicted molar refractivity (Wildman–Crippen MR) is 138 cm³/mol. The molecule has 10 heteroatoms. The summed E-state index contributed by atoms with van der Waals surface area (Å²) in [7, 11) is -5.68. The molecule has 2 aliphatic rings. The maximum absolute atomic E-state index is 12.1. The second-order valence-electron chi connectivity index (χ2n) is 11.4. The minimum atomic E-state index is -3.64. The molecular weight excluding hydrogens is 488 g/mol. The van der Waals surface area contributed by atoms with Gasteiger partial charge in [0.2, 0.25) is 0 Å². The third-order valence-corrected chi connectivity index (χ3v) is 12.6. The third kappa shape index (κ3) is 10.2. The summed E-state index contributed by atoms with van der Waals surface area (Å²) < 4.78 is 48.6. The van der Waals surface area contributed by atoms with Crippen LogP contribution in [-0.2, 0) is 33.0 Å². The van der Waals surface area contributed by atoms with Crippen molar-refractivity contribution >= 4 is 24.4 Å². The molecule has 1 unspecified atom stereocenters. The molecule has 1 aliphatic carbocycles. The Morgan fingerprint density at radius 2 is 1.86 bits per heavy atom. The van der Waals surface area contributed by atoms with Crippen LogP contribution in [0.4, 0.5) is 0 Å². The normalized spacial score (nSPS) is 28.6. The molecule has 0 aromatic heterocycles. The molecule has 1 N–H and O–H groups in total. The highest BCUT2D eigenvalue weighted by Crippen LogP contribution is 2.43. The Labute approximate surface area is 213 Å². The molecule has 0 bridgehead atoms. The van der Waals surface area contributed by atoms with E-state index in [4.69, 9.17) is 23.2 Å². The van der Waals surface area contributed by atoms with Crippen LogP contribution in [0.2, 0.25) is 18.1 Å². The first-order valence-corrected chi connectivity index (χ1v) is 17.6. The molecule has 2 rings (SSSR count). The van der Waals surface area contributed by atoms with E-state index in [1.165, 1.54) is 0 Å². The van der Waals surface area contributed by atoms with E-state index in [1.54, 1.807) is 0 Å². The summed E-state index contributed by atoms with van der Waals surface area (Å²) in [6.07, 6.45) is 9.43. The summed E-state index contributed by atoms with van der Waals surface area (Å²) >= 11 is 0. The molecular formula is C25H46O8SSi. The van der Waals surface area contributed by atoms with Crippen LogP contribution in [0.5, 0.6) is 0 Å². The molecule has 5 atom stereocenters. The lowest BCUT2D eigenvalue weighted by Gasteiger charge is -2.38. The first-order chi connectivity index (χ1) is 16.2. The summed E-state index contributed by atoms with van der Waals surface area (Å²) in [5.41, 5.74) is 0. The Balaban J connectivity index is 2.21. The van der Waals surface area contributed by atoms with Gasteiger partial charge in [0.15, 0.2) is 14.6 Å². The van der Waals surface area contributed by atoms with Crippen LogP contribution in [0.15, 0.2) is 12.2 Å². The van der Waals surface area contributed by atoms with Crippen molar-refractivity contribution in [1.82, 2.24) is 0 Å². The minimum Gasteiger partial charge on any atom is -0.481 e. The van der Waals surface area contributed by atoms with Gasteiger partial charge in [0.05, 0.1) is 18.5 Å². The Kier molecular flexibility index (Phi) is 11.4. The lowest BCUT2D eigenvalue weighted by atomic mass is 9.91. The van der Waals surface area contributed by atoms with Crippen molar-refractivity contribution in [2.75, 3.05) is 19.5 Å². The summed E-state index contributed by atoms with van der Waals surface area (Å²) in [5, 5.41) is 8.89. The zero-order chi connectivity index (χ0) is 26.3. The SMILES string of the molecule is CC(C)(C)[Si](C)(C)OC[C@@H]1[C@@H](C/C=C/CCCC(=O)O)[C@@H](OS(C)(=O)=O)C[C@H]1OC1CCCCO1. The fourth-order valence-electron chi connectivity index (χ4n) is 4.46. The highest BCUT2D eigenvalue weighted by molar-refractivity contribution is 7.86. The van der Waals surface area contributed by atoms with Crippen LogP contribution in [0, 0.1) is 11.8 Å². The number of unbranched alkanes of at least 4 members (excludes halogenated alkanes) is 1. The number of rotatable bonds is 13. The summed E-state index contributed by atoms with van der Waals surface area (Å²) in [6, 6.07) is 0. The topological polar surface area (TPSA) is 108 Å². The standard InChI is InChI=1S/C25H46O8SSi/c1-25(2,3)35(5,6)31-18-20-19(13-9-7-8-10-14-23(26)27)22(33-34(4,28)29)17-21(20)32-24-15-11-12-16-30-24/h7,9,19-22,24H,8,10-18H2,1-6H3,(H,26,27)/b9-7+/t19-,20-,21-,22+,24?/m1/s1. The van der Waals surface area contributed by atoms with Crippen LogP contribution in [0.25, 0.3) is 0 Å². The minimum absolute atomic E-state index is 0.0370. The molecule has 8 nitrogen and oxygen atoms in total. The number of carboxylic acids is 1. The van der Waals surface area contributed by atoms with Gasteiger partial charge in [0, 0.05) is 32.0 Å². The molecule has 1 saturated carbocycles. The maximum atomic E-state index is 12.1. The molecule has 204 valence electrons. The fourth-order valence-corrected chi connectivity index (χ4v) is 6.17.